The van der Waals surface area contributed by atoms with Crippen molar-refractivity contribution in [2.75, 3.05) is 5.32 Å². The lowest BCUT2D eigenvalue weighted by atomic mass is 10.0. The molecule has 1 saturated heterocycles. The number of hydrogen-bond donors (Lipinski definition) is 2. The molecule has 0 bridgehead atoms. The molecule has 6 heteroatoms. The van der Waals surface area contributed by atoms with Gasteiger partial charge in [-0.05, 0) is 46.2 Å². The van der Waals surface area contributed by atoms with E-state index in [9.17, 15) is 14.4 Å². The molecule has 162 valence electrons. The number of amides is 3. The van der Waals surface area contributed by atoms with Crippen molar-refractivity contribution in [1.82, 2.24) is 10.2 Å². The molecule has 2 aliphatic rings. The fraction of sp³-hybridized carbons (Fsp3) is 0.192. The van der Waals surface area contributed by atoms with Crippen molar-refractivity contribution >= 4 is 36.6 Å². The average molecular weight is 428 g/mol. The van der Waals surface area contributed by atoms with Crippen LogP contribution in [0.15, 0.2) is 60.7 Å². The standard InChI is InChI=1S/C26H25N3O3/c1-17-5-3-4-6-18(2)13-19(8-7-17)15-27-21-9-10-22-20(14-21)16-29(26(22)32)23-11-12-24(30)28-25(23)31/h3-10,13-14,23,27H,1-2,11-12,15-16H2,(H,28,30,31). The van der Waals surface area contributed by atoms with Gasteiger partial charge in [0, 0.05) is 30.8 Å². The normalized spacial score (nSPS) is 17.4. The van der Waals surface area contributed by atoms with E-state index in [4.69, 9.17) is 0 Å². The van der Waals surface area contributed by atoms with Crippen molar-refractivity contribution < 1.29 is 14.4 Å². The van der Waals surface area contributed by atoms with Crippen LogP contribution in [0.2, 0.25) is 0 Å². The molecule has 2 aromatic carbocycles. The number of nitrogens with one attached hydrogen (secondary N) is 2. The molecular formula is C26H25N3O3. The number of carbonyl (C=O) groups is 3. The van der Waals surface area contributed by atoms with E-state index in [-0.39, 0.29) is 18.2 Å². The molecule has 4 rings (SSSR count). The molecule has 2 aromatic rings. The maximum Gasteiger partial charge on any atom is 0.255 e. The van der Waals surface area contributed by atoms with Gasteiger partial charge in [-0.15, -0.1) is 0 Å². The van der Waals surface area contributed by atoms with Crippen LogP contribution in [0.5, 0.6) is 0 Å². The van der Waals surface area contributed by atoms with Crippen molar-refractivity contribution in [3.8, 4) is 0 Å². The quantitative estimate of drug-likeness (QED) is 0.732. The van der Waals surface area contributed by atoms with E-state index in [2.05, 4.69) is 23.8 Å². The van der Waals surface area contributed by atoms with Gasteiger partial charge in [0.25, 0.3) is 5.91 Å². The van der Waals surface area contributed by atoms with Gasteiger partial charge in [0.2, 0.25) is 11.8 Å². The molecule has 2 N–H and O–H groups in total. The van der Waals surface area contributed by atoms with Crippen LogP contribution in [-0.2, 0) is 22.7 Å². The summed E-state index contributed by atoms with van der Waals surface area (Å²) in [5.41, 5.74) is 3.39. The molecule has 1 unspecified atom stereocenters. The first kappa shape index (κ1) is 21.3. The summed E-state index contributed by atoms with van der Waals surface area (Å²) in [6.07, 6.45) is 0.601. The molecule has 1 atom stereocenters. The zero-order valence-corrected chi connectivity index (χ0v) is 17.8. The van der Waals surface area contributed by atoms with Crippen LogP contribution in [0, 0.1) is 0 Å². The Bertz CT molecular complexity index is 1250. The Hall–Kier alpha value is -3.93. The number of anilines is 1. The van der Waals surface area contributed by atoms with Crippen LogP contribution in [0.4, 0.5) is 5.69 Å². The second-order valence-corrected chi connectivity index (χ2v) is 8.05. The molecule has 2 aliphatic heterocycles. The number of hydrogen-bond acceptors (Lipinski definition) is 4. The highest BCUT2D eigenvalue weighted by Gasteiger charge is 2.39. The molecule has 3 amide bonds. The minimum atomic E-state index is -0.608. The van der Waals surface area contributed by atoms with Gasteiger partial charge < -0.3 is 10.2 Å². The summed E-state index contributed by atoms with van der Waals surface area (Å²) in [6.45, 7) is 8.98. The summed E-state index contributed by atoms with van der Waals surface area (Å²) in [7, 11) is 0. The van der Waals surface area contributed by atoms with Gasteiger partial charge in [-0.25, -0.2) is 0 Å². The smallest absolute Gasteiger partial charge is 0.255 e. The molecule has 32 heavy (non-hydrogen) atoms. The van der Waals surface area contributed by atoms with E-state index in [1.54, 1.807) is 11.0 Å². The average Bonchev–Trinajstić information content (AvgIpc) is 3.08. The number of rotatable bonds is 4. The first-order chi connectivity index (χ1) is 15.4. The molecular weight excluding hydrogens is 402 g/mol. The summed E-state index contributed by atoms with van der Waals surface area (Å²) < 4.78 is 0. The molecule has 0 spiro atoms. The molecule has 0 aliphatic carbocycles. The Morgan fingerprint density at radius 2 is 1.75 bits per heavy atom. The van der Waals surface area contributed by atoms with Gasteiger partial charge in [-0.1, -0.05) is 55.6 Å². The lowest BCUT2D eigenvalue weighted by Gasteiger charge is -2.29. The van der Waals surface area contributed by atoms with E-state index in [0.717, 1.165) is 27.3 Å². The van der Waals surface area contributed by atoms with Crippen LogP contribution in [0.1, 0.15) is 34.3 Å². The predicted octanol–water partition coefficient (Wildman–Crippen LogP) is 2.00. The van der Waals surface area contributed by atoms with Crippen LogP contribution in [-0.4, -0.2) is 28.7 Å². The van der Waals surface area contributed by atoms with Crippen molar-refractivity contribution in [2.45, 2.75) is 32.0 Å². The van der Waals surface area contributed by atoms with E-state index in [1.165, 1.54) is 0 Å². The maximum absolute atomic E-state index is 12.8. The lowest BCUT2D eigenvalue weighted by Crippen LogP contribution is -2.52. The minimum Gasteiger partial charge on any atom is -0.381 e. The van der Waals surface area contributed by atoms with Crippen LogP contribution in [0.25, 0.3) is 13.2 Å². The number of imide groups is 1. The Morgan fingerprint density at radius 1 is 0.969 bits per heavy atom. The number of nitrogens with zero attached hydrogens (tertiary/aromatic N) is 1. The molecule has 0 saturated carbocycles. The SMILES string of the molecule is C=c1ccccc(=C)cc(CNc2ccc3c(c2)CN(C2CCC(=O)NC2=O)C3=O)cc1. The first-order valence-corrected chi connectivity index (χ1v) is 10.5. The van der Waals surface area contributed by atoms with Crippen LogP contribution < -0.4 is 21.1 Å². The number of fused-ring (bicyclic) bond motifs is 1. The fourth-order valence-electron chi connectivity index (χ4n) is 3.96. The topological polar surface area (TPSA) is 78.5 Å². The number of carbonyl (C=O) groups excluding carboxylic acids is 3. The first-order valence-electron chi connectivity index (χ1n) is 10.5. The van der Waals surface area contributed by atoms with Gasteiger partial charge in [0.05, 0.1) is 0 Å². The Morgan fingerprint density at radius 3 is 2.53 bits per heavy atom. The fourth-order valence-corrected chi connectivity index (χ4v) is 3.96. The molecule has 0 radical (unpaired) electrons. The Balaban J connectivity index is 1.51. The van der Waals surface area contributed by atoms with Gasteiger partial charge in [-0.3, -0.25) is 19.7 Å². The van der Waals surface area contributed by atoms with Gasteiger partial charge >= 0.3 is 0 Å². The number of piperidine rings is 1. The van der Waals surface area contributed by atoms with Crippen LogP contribution in [0.3, 0.4) is 0 Å². The molecule has 0 aromatic heterocycles. The summed E-state index contributed by atoms with van der Waals surface area (Å²) in [5, 5.41) is 7.52. The van der Waals surface area contributed by atoms with E-state index in [1.807, 2.05) is 54.6 Å². The Kier molecular flexibility index (Phi) is 6.03. The third kappa shape index (κ3) is 4.70. The highest BCUT2D eigenvalue weighted by molar-refractivity contribution is 6.05. The third-order valence-electron chi connectivity index (χ3n) is 5.63. The summed E-state index contributed by atoms with van der Waals surface area (Å²) in [4.78, 5) is 38.0. The lowest BCUT2D eigenvalue weighted by molar-refractivity contribution is -0.136. The minimum absolute atomic E-state index is 0.173. The van der Waals surface area contributed by atoms with Gasteiger partial charge in [0.15, 0.2) is 0 Å². The number of benzene rings is 1. The van der Waals surface area contributed by atoms with E-state index < -0.39 is 11.9 Å². The zero-order valence-electron chi connectivity index (χ0n) is 17.8. The second kappa shape index (κ2) is 9.06. The Labute approximate surface area is 186 Å². The second-order valence-electron chi connectivity index (χ2n) is 8.05. The van der Waals surface area contributed by atoms with Gasteiger partial charge in [0.1, 0.15) is 6.04 Å². The summed E-state index contributed by atoms with van der Waals surface area (Å²) in [6, 6.07) is 18.7. The zero-order chi connectivity index (χ0) is 22.7. The molecule has 1 fully saturated rings. The highest BCUT2D eigenvalue weighted by atomic mass is 16.2. The van der Waals surface area contributed by atoms with Crippen molar-refractivity contribution in [3.63, 3.8) is 0 Å². The monoisotopic (exact) mass is 427 g/mol. The van der Waals surface area contributed by atoms with E-state index in [0.29, 0.717) is 25.1 Å². The predicted molar refractivity (Wildman–Crippen MR) is 124 cm³/mol. The third-order valence-corrected chi connectivity index (χ3v) is 5.63. The van der Waals surface area contributed by atoms with Crippen molar-refractivity contribution in [1.29, 1.82) is 0 Å². The summed E-state index contributed by atoms with van der Waals surface area (Å²) >= 11 is 0. The molecule has 2 heterocycles. The summed E-state index contributed by atoms with van der Waals surface area (Å²) in [5.74, 6) is -0.863. The highest BCUT2D eigenvalue weighted by Crippen LogP contribution is 2.29. The van der Waals surface area contributed by atoms with Crippen molar-refractivity contribution in [3.05, 3.63) is 87.8 Å². The molecule has 6 nitrogen and oxygen atoms in total. The van der Waals surface area contributed by atoms with Crippen molar-refractivity contribution in [2.24, 2.45) is 0 Å². The largest absolute Gasteiger partial charge is 0.381 e. The maximum atomic E-state index is 12.8. The van der Waals surface area contributed by atoms with Gasteiger partial charge in [-0.2, -0.15) is 0 Å². The van der Waals surface area contributed by atoms with E-state index >= 15 is 0 Å². The van der Waals surface area contributed by atoms with Crippen LogP contribution >= 0.6 is 0 Å².